The molecule has 102 valence electrons. The van der Waals surface area contributed by atoms with Gasteiger partial charge in [-0.1, -0.05) is 32.0 Å². The lowest BCUT2D eigenvalue weighted by Gasteiger charge is -2.30. The number of hydrogen-bond donors (Lipinski definition) is 2. The van der Waals surface area contributed by atoms with Crippen LogP contribution >= 0.6 is 12.4 Å². The second-order valence-corrected chi connectivity index (χ2v) is 4.70. The van der Waals surface area contributed by atoms with Gasteiger partial charge in [0.15, 0.2) is 0 Å². The predicted octanol–water partition coefficient (Wildman–Crippen LogP) is 1.91. The number of nitrogens with two attached hydrogens (primary N) is 1. The predicted molar refractivity (Wildman–Crippen MR) is 72.8 cm³/mol. The molecule has 0 spiro atoms. The van der Waals surface area contributed by atoms with Crippen LogP contribution in [0.5, 0.6) is 0 Å². The summed E-state index contributed by atoms with van der Waals surface area (Å²) in [5.41, 5.74) is 6.75. The van der Waals surface area contributed by atoms with Crippen molar-refractivity contribution in [2.24, 2.45) is 11.1 Å². The number of carbonyl (C=O) groups is 1. The topological polar surface area (TPSA) is 72.5 Å². The van der Waals surface area contributed by atoms with Gasteiger partial charge in [-0.05, 0) is 11.6 Å². The van der Waals surface area contributed by atoms with Crippen molar-refractivity contribution >= 4 is 18.4 Å². The smallest absolute Gasteiger partial charge is 0.338 e. The monoisotopic (exact) mass is 273 g/mol. The van der Waals surface area contributed by atoms with Gasteiger partial charge >= 0.3 is 5.97 Å². The second-order valence-electron chi connectivity index (χ2n) is 4.70. The average Bonchev–Trinajstić information content (AvgIpc) is 2.36. The lowest BCUT2D eigenvalue weighted by molar-refractivity contribution is 0.0595. The van der Waals surface area contributed by atoms with E-state index in [2.05, 4.69) is 0 Å². The highest BCUT2D eigenvalue weighted by atomic mass is 35.5. The maximum Gasteiger partial charge on any atom is 0.338 e. The summed E-state index contributed by atoms with van der Waals surface area (Å²) < 4.78 is 4.72. The third-order valence-corrected chi connectivity index (χ3v) is 2.95. The van der Waals surface area contributed by atoms with E-state index in [1.807, 2.05) is 19.9 Å². The minimum absolute atomic E-state index is 0. The van der Waals surface area contributed by atoms with Gasteiger partial charge in [0.05, 0.1) is 12.7 Å². The molecule has 0 saturated heterocycles. The molecule has 0 fully saturated rings. The highest BCUT2D eigenvalue weighted by Gasteiger charge is 2.29. The fourth-order valence-corrected chi connectivity index (χ4v) is 1.58. The maximum atomic E-state index is 11.6. The van der Waals surface area contributed by atoms with Gasteiger partial charge in [0, 0.05) is 18.1 Å². The van der Waals surface area contributed by atoms with Crippen molar-refractivity contribution in [1.82, 2.24) is 0 Å². The van der Waals surface area contributed by atoms with Crippen molar-refractivity contribution in [3.63, 3.8) is 0 Å². The molecule has 0 radical (unpaired) electrons. The first-order chi connectivity index (χ1) is 7.94. The molecule has 4 nitrogen and oxygen atoms in total. The standard InChI is InChI=1S/C13H19NO3.ClH/c1-13(2,8-15)11(14)9-6-4-5-7-10(9)12(16)17-3;/h4-7,11,15H,8,14H2,1-3H3;1H/t11-;/m0./s1. The zero-order chi connectivity index (χ0) is 13.1. The van der Waals surface area contributed by atoms with Crippen molar-refractivity contribution in [2.75, 3.05) is 13.7 Å². The lowest BCUT2D eigenvalue weighted by atomic mass is 9.80. The number of aliphatic hydroxyl groups is 1. The van der Waals surface area contributed by atoms with E-state index >= 15 is 0 Å². The van der Waals surface area contributed by atoms with Crippen molar-refractivity contribution in [3.8, 4) is 0 Å². The minimum atomic E-state index is -0.496. The van der Waals surface area contributed by atoms with E-state index in [4.69, 9.17) is 10.5 Å². The molecule has 0 bridgehead atoms. The zero-order valence-corrected chi connectivity index (χ0v) is 11.7. The van der Waals surface area contributed by atoms with Crippen molar-refractivity contribution < 1.29 is 14.6 Å². The molecule has 3 N–H and O–H groups in total. The van der Waals surface area contributed by atoms with E-state index in [0.717, 1.165) is 0 Å². The van der Waals surface area contributed by atoms with Crippen LogP contribution in [0, 0.1) is 5.41 Å². The number of aliphatic hydroxyl groups excluding tert-OH is 1. The molecule has 1 atom stereocenters. The van der Waals surface area contributed by atoms with E-state index in [0.29, 0.717) is 11.1 Å². The number of methoxy groups -OCH3 is 1. The normalized spacial score (nSPS) is 12.5. The van der Waals surface area contributed by atoms with Gasteiger partial charge in [0.2, 0.25) is 0 Å². The van der Waals surface area contributed by atoms with E-state index < -0.39 is 17.4 Å². The first kappa shape index (κ1) is 16.9. The second kappa shape index (κ2) is 6.73. The Morgan fingerprint density at radius 1 is 1.44 bits per heavy atom. The Morgan fingerprint density at radius 2 is 2.00 bits per heavy atom. The van der Waals surface area contributed by atoms with Gasteiger partial charge in [-0.3, -0.25) is 0 Å². The average molecular weight is 274 g/mol. The minimum Gasteiger partial charge on any atom is -0.465 e. The molecule has 0 aliphatic heterocycles. The third-order valence-electron chi connectivity index (χ3n) is 2.95. The lowest BCUT2D eigenvalue weighted by Crippen LogP contribution is -2.33. The Labute approximate surface area is 114 Å². The van der Waals surface area contributed by atoms with Crippen LogP contribution in [-0.4, -0.2) is 24.8 Å². The molecule has 1 rings (SSSR count). The highest BCUT2D eigenvalue weighted by Crippen LogP contribution is 2.32. The Kier molecular flexibility index (Phi) is 6.32. The number of benzene rings is 1. The number of esters is 1. The summed E-state index contributed by atoms with van der Waals surface area (Å²) in [6.45, 7) is 3.65. The number of hydrogen-bond acceptors (Lipinski definition) is 4. The summed E-state index contributed by atoms with van der Waals surface area (Å²) in [4.78, 5) is 11.6. The van der Waals surface area contributed by atoms with Gasteiger partial charge in [-0.2, -0.15) is 0 Å². The largest absolute Gasteiger partial charge is 0.465 e. The molecule has 0 aliphatic carbocycles. The number of carbonyl (C=O) groups excluding carboxylic acids is 1. The number of rotatable bonds is 4. The van der Waals surface area contributed by atoms with Crippen molar-refractivity contribution in [3.05, 3.63) is 35.4 Å². The third kappa shape index (κ3) is 3.45. The van der Waals surface area contributed by atoms with Crippen LogP contribution in [0.2, 0.25) is 0 Å². The molecule has 0 heterocycles. The Hall–Kier alpha value is -1.10. The molecule has 0 unspecified atom stereocenters. The van der Waals surface area contributed by atoms with Crippen molar-refractivity contribution in [1.29, 1.82) is 0 Å². The quantitative estimate of drug-likeness (QED) is 0.822. The summed E-state index contributed by atoms with van der Waals surface area (Å²) in [5, 5.41) is 9.32. The molecule has 0 aliphatic rings. The van der Waals surface area contributed by atoms with E-state index in [1.54, 1.807) is 18.2 Å². The fourth-order valence-electron chi connectivity index (χ4n) is 1.58. The fraction of sp³-hybridized carbons (Fsp3) is 0.462. The number of ether oxygens (including phenoxy) is 1. The Balaban J connectivity index is 0.00000289. The van der Waals surface area contributed by atoms with Crippen LogP contribution in [0.1, 0.15) is 35.8 Å². The Bertz CT molecular complexity index is 407. The summed E-state index contributed by atoms with van der Waals surface area (Å²) in [7, 11) is 1.34. The summed E-state index contributed by atoms with van der Waals surface area (Å²) in [6, 6.07) is 6.61. The highest BCUT2D eigenvalue weighted by molar-refractivity contribution is 5.91. The van der Waals surface area contributed by atoms with Crippen LogP contribution in [0.25, 0.3) is 0 Å². The Morgan fingerprint density at radius 3 is 2.50 bits per heavy atom. The van der Waals surface area contributed by atoms with Gasteiger partial charge in [-0.15, -0.1) is 12.4 Å². The molecule has 5 heteroatoms. The van der Waals surface area contributed by atoms with Gasteiger partial charge < -0.3 is 15.6 Å². The molecule has 0 aromatic heterocycles. The first-order valence-electron chi connectivity index (χ1n) is 5.47. The van der Waals surface area contributed by atoms with Crippen LogP contribution in [0.15, 0.2) is 24.3 Å². The SMILES string of the molecule is COC(=O)c1ccccc1[C@H](N)C(C)(C)CO.Cl. The molecule has 0 saturated carbocycles. The van der Waals surface area contributed by atoms with Crippen LogP contribution < -0.4 is 5.73 Å². The van der Waals surface area contributed by atoms with Crippen molar-refractivity contribution in [2.45, 2.75) is 19.9 Å². The zero-order valence-electron chi connectivity index (χ0n) is 10.8. The molecular formula is C13H20ClNO3. The molecule has 1 aromatic rings. The summed E-state index contributed by atoms with van der Waals surface area (Å²) >= 11 is 0. The molecule has 0 amide bonds. The summed E-state index contributed by atoms with van der Waals surface area (Å²) in [6.07, 6.45) is 0. The van der Waals surface area contributed by atoms with Crippen LogP contribution in [-0.2, 0) is 4.74 Å². The molecule has 1 aromatic carbocycles. The van der Waals surface area contributed by atoms with E-state index in [1.165, 1.54) is 7.11 Å². The maximum absolute atomic E-state index is 11.6. The van der Waals surface area contributed by atoms with Gasteiger partial charge in [0.25, 0.3) is 0 Å². The number of halogens is 1. The van der Waals surface area contributed by atoms with Crippen LogP contribution in [0.3, 0.4) is 0 Å². The first-order valence-corrected chi connectivity index (χ1v) is 5.47. The molecular weight excluding hydrogens is 254 g/mol. The summed E-state index contributed by atoms with van der Waals surface area (Å²) in [5.74, 6) is -0.412. The van der Waals surface area contributed by atoms with E-state index in [-0.39, 0.29) is 19.0 Å². The van der Waals surface area contributed by atoms with Gasteiger partial charge in [0.1, 0.15) is 0 Å². The van der Waals surface area contributed by atoms with Gasteiger partial charge in [-0.25, -0.2) is 4.79 Å². The van der Waals surface area contributed by atoms with Crippen LogP contribution in [0.4, 0.5) is 0 Å². The molecule has 18 heavy (non-hydrogen) atoms. The van der Waals surface area contributed by atoms with E-state index in [9.17, 15) is 9.90 Å².